The molecule has 1 aromatic rings. The fourth-order valence-electron chi connectivity index (χ4n) is 2.31. The summed E-state index contributed by atoms with van der Waals surface area (Å²) in [6.07, 6.45) is 3.31. The summed E-state index contributed by atoms with van der Waals surface area (Å²) < 4.78 is 10.4. The molecule has 2 rings (SSSR count). The van der Waals surface area contributed by atoms with Gasteiger partial charge in [0.25, 0.3) is 5.91 Å². The lowest BCUT2D eigenvalue weighted by molar-refractivity contribution is -0.134. The first-order valence-corrected chi connectivity index (χ1v) is 7.38. The monoisotopic (exact) mass is 291 g/mol. The molecule has 1 aliphatic heterocycles. The Balaban J connectivity index is 1.89. The number of hydrogen-bond acceptors (Lipinski definition) is 4. The summed E-state index contributed by atoms with van der Waals surface area (Å²) in [5.41, 5.74) is 0.430. The molecule has 0 atom stereocenters. The van der Waals surface area contributed by atoms with Crippen molar-refractivity contribution in [2.45, 2.75) is 26.2 Å². The first-order chi connectivity index (χ1) is 10.2. The minimum Gasteiger partial charge on any atom is -0.484 e. The number of carbonyl (C=O) groups excluding carboxylic acids is 2. The van der Waals surface area contributed by atoms with Gasteiger partial charge in [0.1, 0.15) is 5.75 Å². The Labute approximate surface area is 124 Å². The Bertz CT molecular complexity index is 495. The standard InChI is InChI=1S/C16H21NO4/c1-2-20-16(19)13-7-6-8-14(11-13)21-12-15(18)17-9-4-3-5-10-17/h6-8,11H,2-5,9-10,12H2,1H3. The molecule has 1 heterocycles. The summed E-state index contributed by atoms with van der Waals surface area (Å²) in [4.78, 5) is 25.5. The van der Waals surface area contributed by atoms with E-state index in [0.29, 0.717) is 17.9 Å². The van der Waals surface area contributed by atoms with Gasteiger partial charge in [0, 0.05) is 13.1 Å². The normalized spacial score (nSPS) is 14.6. The highest BCUT2D eigenvalue weighted by atomic mass is 16.5. The number of ether oxygens (including phenoxy) is 2. The van der Waals surface area contributed by atoms with Gasteiger partial charge in [-0.2, -0.15) is 0 Å². The van der Waals surface area contributed by atoms with Crippen LogP contribution in [-0.2, 0) is 9.53 Å². The van der Waals surface area contributed by atoms with Gasteiger partial charge < -0.3 is 14.4 Å². The van der Waals surface area contributed by atoms with Crippen LogP contribution in [0.2, 0.25) is 0 Å². The Morgan fingerprint density at radius 1 is 1.19 bits per heavy atom. The number of nitrogens with zero attached hydrogens (tertiary/aromatic N) is 1. The second-order valence-electron chi connectivity index (χ2n) is 4.98. The van der Waals surface area contributed by atoms with Gasteiger partial charge in [-0.05, 0) is 44.4 Å². The molecular formula is C16H21NO4. The summed E-state index contributed by atoms with van der Waals surface area (Å²) >= 11 is 0. The molecule has 0 aliphatic carbocycles. The van der Waals surface area contributed by atoms with E-state index in [4.69, 9.17) is 9.47 Å². The van der Waals surface area contributed by atoms with Crippen molar-refractivity contribution in [2.75, 3.05) is 26.3 Å². The van der Waals surface area contributed by atoms with Crippen LogP contribution in [0.3, 0.4) is 0 Å². The van der Waals surface area contributed by atoms with E-state index in [1.807, 2.05) is 4.90 Å². The summed E-state index contributed by atoms with van der Waals surface area (Å²) in [6, 6.07) is 6.71. The highest BCUT2D eigenvalue weighted by Gasteiger charge is 2.17. The number of esters is 1. The van der Waals surface area contributed by atoms with E-state index in [0.717, 1.165) is 25.9 Å². The first-order valence-electron chi connectivity index (χ1n) is 7.38. The Morgan fingerprint density at radius 2 is 1.95 bits per heavy atom. The molecule has 0 aromatic heterocycles. The average molecular weight is 291 g/mol. The van der Waals surface area contributed by atoms with Gasteiger partial charge in [0.15, 0.2) is 6.61 Å². The maximum Gasteiger partial charge on any atom is 0.338 e. The van der Waals surface area contributed by atoms with Crippen molar-refractivity contribution in [2.24, 2.45) is 0 Å². The fourth-order valence-corrected chi connectivity index (χ4v) is 2.31. The van der Waals surface area contributed by atoms with Crippen molar-refractivity contribution in [1.29, 1.82) is 0 Å². The van der Waals surface area contributed by atoms with Gasteiger partial charge in [0.05, 0.1) is 12.2 Å². The third kappa shape index (κ3) is 4.48. The smallest absolute Gasteiger partial charge is 0.338 e. The lowest BCUT2D eigenvalue weighted by Crippen LogP contribution is -2.38. The summed E-state index contributed by atoms with van der Waals surface area (Å²) in [5, 5.41) is 0. The molecule has 0 saturated carbocycles. The minimum absolute atomic E-state index is 0.00348. The molecule has 1 saturated heterocycles. The summed E-state index contributed by atoms with van der Waals surface area (Å²) in [6.45, 7) is 3.72. The van der Waals surface area contributed by atoms with Crippen molar-refractivity contribution in [3.8, 4) is 5.75 Å². The predicted molar refractivity (Wildman–Crippen MR) is 78.3 cm³/mol. The van der Waals surface area contributed by atoms with E-state index < -0.39 is 0 Å². The second kappa shape index (κ2) is 7.67. The molecule has 0 bridgehead atoms. The van der Waals surface area contributed by atoms with Gasteiger partial charge in [-0.25, -0.2) is 4.79 Å². The SMILES string of the molecule is CCOC(=O)c1cccc(OCC(=O)N2CCCCC2)c1. The van der Waals surface area contributed by atoms with Gasteiger partial charge in [-0.1, -0.05) is 6.07 Å². The molecule has 0 radical (unpaired) electrons. The summed E-state index contributed by atoms with van der Waals surface area (Å²) in [5.74, 6) is 0.118. The van der Waals surface area contributed by atoms with Crippen LogP contribution >= 0.6 is 0 Å². The van der Waals surface area contributed by atoms with Crippen LogP contribution in [-0.4, -0.2) is 43.1 Å². The van der Waals surface area contributed by atoms with E-state index in [-0.39, 0.29) is 18.5 Å². The Hall–Kier alpha value is -2.04. The molecule has 5 heteroatoms. The third-order valence-corrected chi connectivity index (χ3v) is 3.42. The van der Waals surface area contributed by atoms with Crippen LogP contribution < -0.4 is 4.74 Å². The molecule has 0 spiro atoms. The maximum atomic E-state index is 12.0. The molecule has 5 nitrogen and oxygen atoms in total. The molecule has 114 valence electrons. The number of amides is 1. The van der Waals surface area contributed by atoms with Gasteiger partial charge in [-0.3, -0.25) is 4.79 Å². The van der Waals surface area contributed by atoms with Crippen molar-refractivity contribution < 1.29 is 19.1 Å². The van der Waals surface area contributed by atoms with E-state index in [2.05, 4.69) is 0 Å². The zero-order chi connectivity index (χ0) is 15.1. The quantitative estimate of drug-likeness (QED) is 0.781. The molecule has 0 N–H and O–H groups in total. The fraction of sp³-hybridized carbons (Fsp3) is 0.500. The van der Waals surface area contributed by atoms with Crippen LogP contribution in [0, 0.1) is 0 Å². The molecule has 1 aromatic carbocycles. The van der Waals surface area contributed by atoms with Crippen LogP contribution in [0.15, 0.2) is 24.3 Å². The van der Waals surface area contributed by atoms with E-state index >= 15 is 0 Å². The number of piperidine rings is 1. The summed E-state index contributed by atoms with van der Waals surface area (Å²) in [7, 11) is 0. The number of hydrogen-bond donors (Lipinski definition) is 0. The lowest BCUT2D eigenvalue weighted by Gasteiger charge is -2.26. The average Bonchev–Trinajstić information content (AvgIpc) is 2.54. The molecule has 21 heavy (non-hydrogen) atoms. The topological polar surface area (TPSA) is 55.8 Å². The van der Waals surface area contributed by atoms with Crippen LogP contribution in [0.25, 0.3) is 0 Å². The zero-order valence-electron chi connectivity index (χ0n) is 12.3. The van der Waals surface area contributed by atoms with E-state index in [1.54, 1.807) is 31.2 Å². The Morgan fingerprint density at radius 3 is 2.67 bits per heavy atom. The highest BCUT2D eigenvalue weighted by Crippen LogP contribution is 2.15. The number of rotatable bonds is 5. The lowest BCUT2D eigenvalue weighted by atomic mass is 10.1. The Kier molecular flexibility index (Phi) is 5.60. The molecule has 1 aliphatic rings. The molecular weight excluding hydrogens is 270 g/mol. The van der Waals surface area contributed by atoms with Crippen molar-refractivity contribution in [1.82, 2.24) is 4.90 Å². The molecule has 1 fully saturated rings. The van der Waals surface area contributed by atoms with Crippen LogP contribution in [0.5, 0.6) is 5.75 Å². The van der Waals surface area contributed by atoms with Gasteiger partial charge in [-0.15, -0.1) is 0 Å². The number of carbonyl (C=O) groups is 2. The molecule has 0 unspecified atom stereocenters. The van der Waals surface area contributed by atoms with Crippen molar-refractivity contribution in [3.05, 3.63) is 29.8 Å². The highest BCUT2D eigenvalue weighted by molar-refractivity contribution is 5.89. The second-order valence-corrected chi connectivity index (χ2v) is 4.98. The maximum absolute atomic E-state index is 12.0. The van der Waals surface area contributed by atoms with Crippen molar-refractivity contribution in [3.63, 3.8) is 0 Å². The van der Waals surface area contributed by atoms with E-state index in [9.17, 15) is 9.59 Å². The van der Waals surface area contributed by atoms with Crippen molar-refractivity contribution >= 4 is 11.9 Å². The van der Waals surface area contributed by atoms with Gasteiger partial charge >= 0.3 is 5.97 Å². The molecule has 1 amide bonds. The van der Waals surface area contributed by atoms with Gasteiger partial charge in [0.2, 0.25) is 0 Å². The zero-order valence-corrected chi connectivity index (χ0v) is 12.3. The first kappa shape index (κ1) is 15.4. The number of benzene rings is 1. The largest absolute Gasteiger partial charge is 0.484 e. The number of likely N-dealkylation sites (tertiary alicyclic amines) is 1. The van der Waals surface area contributed by atoms with Crippen LogP contribution in [0.4, 0.5) is 0 Å². The minimum atomic E-state index is -0.384. The third-order valence-electron chi connectivity index (χ3n) is 3.42. The van der Waals surface area contributed by atoms with E-state index in [1.165, 1.54) is 6.42 Å². The predicted octanol–water partition coefficient (Wildman–Crippen LogP) is 2.25. The van der Waals surface area contributed by atoms with Crippen LogP contribution in [0.1, 0.15) is 36.5 Å².